The summed E-state index contributed by atoms with van der Waals surface area (Å²) in [5.74, 6) is 0.229. The number of phenols is 1. The van der Waals surface area contributed by atoms with Crippen LogP contribution in [0.1, 0.15) is 30.9 Å². The minimum Gasteiger partial charge on any atom is -0.508 e. The van der Waals surface area contributed by atoms with E-state index < -0.39 is 5.54 Å². The molecule has 0 aliphatic carbocycles. The first-order chi connectivity index (χ1) is 14.5. The molecule has 2 aromatic carbocycles. The molecular weight excluding hydrogens is 378 g/mol. The average Bonchev–Trinajstić information content (AvgIpc) is 2.96. The van der Waals surface area contributed by atoms with Crippen LogP contribution in [-0.4, -0.2) is 63.5 Å². The molecule has 1 N–H and O–H groups in total. The van der Waals surface area contributed by atoms with E-state index in [1.54, 1.807) is 12.1 Å². The number of rotatable bonds is 6. The largest absolute Gasteiger partial charge is 0.508 e. The Balaban J connectivity index is 1.47. The summed E-state index contributed by atoms with van der Waals surface area (Å²) in [5.41, 5.74) is 1.59. The maximum absolute atomic E-state index is 13.3. The summed E-state index contributed by atoms with van der Waals surface area (Å²) >= 11 is 0. The van der Waals surface area contributed by atoms with Crippen LogP contribution in [0.15, 0.2) is 54.6 Å². The summed E-state index contributed by atoms with van der Waals surface area (Å²) in [7, 11) is 0. The maximum atomic E-state index is 13.3. The number of piperidine rings is 1. The topological polar surface area (TPSA) is 64.1 Å². The van der Waals surface area contributed by atoms with Crippen LogP contribution in [-0.2, 0) is 17.8 Å². The van der Waals surface area contributed by atoms with E-state index in [9.17, 15) is 14.7 Å². The van der Waals surface area contributed by atoms with E-state index in [0.29, 0.717) is 25.9 Å². The molecule has 1 spiro atoms. The predicted octanol–water partition coefficient (Wildman–Crippen LogP) is 3.25. The van der Waals surface area contributed by atoms with Gasteiger partial charge in [-0.2, -0.15) is 0 Å². The van der Waals surface area contributed by atoms with Crippen molar-refractivity contribution in [1.29, 1.82) is 0 Å². The second-order valence-corrected chi connectivity index (χ2v) is 8.19. The van der Waals surface area contributed by atoms with Crippen molar-refractivity contribution in [2.75, 3.05) is 26.2 Å². The smallest absolute Gasteiger partial charge is 0.327 e. The zero-order valence-corrected chi connectivity index (χ0v) is 17.5. The molecule has 30 heavy (non-hydrogen) atoms. The first-order valence-electron chi connectivity index (χ1n) is 10.7. The molecule has 2 aliphatic rings. The summed E-state index contributed by atoms with van der Waals surface area (Å²) in [6.45, 7) is 5.14. The monoisotopic (exact) mass is 407 g/mol. The second-order valence-electron chi connectivity index (χ2n) is 8.19. The lowest BCUT2D eigenvalue weighted by Crippen LogP contribution is -2.56. The van der Waals surface area contributed by atoms with Crippen LogP contribution in [0.3, 0.4) is 0 Å². The van der Waals surface area contributed by atoms with Gasteiger partial charge in [0.1, 0.15) is 11.3 Å². The molecule has 158 valence electrons. The highest BCUT2D eigenvalue weighted by molar-refractivity contribution is 6.07. The number of nitrogens with zero attached hydrogens (tertiary/aromatic N) is 3. The van der Waals surface area contributed by atoms with Gasteiger partial charge in [-0.15, -0.1) is 0 Å². The highest BCUT2D eigenvalue weighted by atomic mass is 16.3. The normalized spacial score (nSPS) is 19.1. The number of carbonyl (C=O) groups excluding carboxylic acids is 2. The van der Waals surface area contributed by atoms with Crippen LogP contribution < -0.4 is 0 Å². The quantitative estimate of drug-likeness (QED) is 0.747. The third kappa shape index (κ3) is 3.79. The Kier molecular flexibility index (Phi) is 5.77. The van der Waals surface area contributed by atoms with Crippen molar-refractivity contribution in [2.45, 2.75) is 38.3 Å². The van der Waals surface area contributed by atoms with Gasteiger partial charge in [0.25, 0.3) is 5.91 Å². The van der Waals surface area contributed by atoms with Gasteiger partial charge in [0.2, 0.25) is 0 Å². The fraction of sp³-hybridized carbons (Fsp3) is 0.417. The number of hydrogen-bond acceptors (Lipinski definition) is 4. The number of amides is 3. The standard InChI is InChI=1S/C24H29N3O3/c1-2-26-22(29)24(27(23(26)30)15-12-19-6-4-3-5-7-19)13-16-25(17-14-24)18-20-8-10-21(28)11-9-20/h3-11,28H,2,12-18H2,1H3. The minimum absolute atomic E-state index is 0.0349. The number of urea groups is 1. The van der Waals surface area contributed by atoms with E-state index in [0.717, 1.165) is 31.6 Å². The first-order valence-corrected chi connectivity index (χ1v) is 10.7. The van der Waals surface area contributed by atoms with Crippen molar-refractivity contribution in [3.05, 3.63) is 65.7 Å². The fourth-order valence-electron chi connectivity index (χ4n) is 4.68. The van der Waals surface area contributed by atoms with Crippen molar-refractivity contribution in [3.8, 4) is 5.75 Å². The average molecular weight is 408 g/mol. The van der Waals surface area contributed by atoms with Crippen molar-refractivity contribution < 1.29 is 14.7 Å². The lowest BCUT2D eigenvalue weighted by molar-refractivity contribution is -0.135. The van der Waals surface area contributed by atoms with Crippen molar-refractivity contribution in [2.24, 2.45) is 0 Å². The van der Waals surface area contributed by atoms with Crippen LogP contribution in [0.25, 0.3) is 0 Å². The molecule has 6 heteroatoms. The molecule has 0 saturated carbocycles. The van der Waals surface area contributed by atoms with E-state index in [1.807, 2.05) is 42.2 Å². The number of imide groups is 1. The molecular formula is C24H29N3O3. The van der Waals surface area contributed by atoms with Crippen LogP contribution in [0, 0.1) is 0 Å². The molecule has 2 aliphatic heterocycles. The third-order valence-electron chi connectivity index (χ3n) is 6.43. The van der Waals surface area contributed by atoms with E-state index in [4.69, 9.17) is 0 Å². The van der Waals surface area contributed by atoms with Gasteiger partial charge in [-0.25, -0.2) is 4.79 Å². The number of benzene rings is 2. The van der Waals surface area contributed by atoms with Crippen molar-refractivity contribution in [3.63, 3.8) is 0 Å². The lowest BCUT2D eigenvalue weighted by atomic mass is 9.85. The van der Waals surface area contributed by atoms with E-state index >= 15 is 0 Å². The van der Waals surface area contributed by atoms with Crippen LogP contribution >= 0.6 is 0 Å². The Morgan fingerprint density at radius 1 is 0.933 bits per heavy atom. The van der Waals surface area contributed by atoms with E-state index in [-0.39, 0.29) is 17.7 Å². The summed E-state index contributed by atoms with van der Waals surface area (Å²) in [6, 6.07) is 17.2. The number of likely N-dealkylation sites (tertiary alicyclic amines) is 1. The fourth-order valence-corrected chi connectivity index (χ4v) is 4.68. The number of likely N-dealkylation sites (N-methyl/N-ethyl adjacent to an activating group) is 1. The zero-order chi connectivity index (χ0) is 21.1. The highest BCUT2D eigenvalue weighted by Crippen LogP contribution is 2.37. The van der Waals surface area contributed by atoms with E-state index in [1.165, 1.54) is 10.5 Å². The van der Waals surface area contributed by atoms with Gasteiger partial charge in [-0.3, -0.25) is 14.6 Å². The van der Waals surface area contributed by atoms with Gasteiger partial charge in [-0.05, 0) is 49.4 Å². The Bertz CT molecular complexity index is 890. The van der Waals surface area contributed by atoms with Crippen LogP contribution in [0.5, 0.6) is 5.75 Å². The molecule has 0 atom stereocenters. The van der Waals surface area contributed by atoms with Gasteiger partial charge in [0.15, 0.2) is 0 Å². The summed E-state index contributed by atoms with van der Waals surface area (Å²) < 4.78 is 0. The Labute approximate surface area is 177 Å². The number of hydrogen-bond donors (Lipinski definition) is 1. The molecule has 2 saturated heterocycles. The number of carbonyl (C=O) groups is 2. The van der Waals surface area contributed by atoms with Crippen LogP contribution in [0.2, 0.25) is 0 Å². The number of aromatic hydroxyl groups is 1. The minimum atomic E-state index is -0.715. The lowest BCUT2D eigenvalue weighted by Gasteiger charge is -2.42. The molecule has 4 rings (SSSR count). The predicted molar refractivity (Wildman–Crippen MR) is 115 cm³/mol. The summed E-state index contributed by atoms with van der Waals surface area (Å²) in [6.07, 6.45) is 2.05. The molecule has 2 aromatic rings. The van der Waals surface area contributed by atoms with Gasteiger partial charge in [0, 0.05) is 32.7 Å². The maximum Gasteiger partial charge on any atom is 0.327 e. The molecule has 0 unspecified atom stereocenters. The second kappa shape index (κ2) is 8.48. The van der Waals surface area contributed by atoms with Gasteiger partial charge < -0.3 is 10.0 Å². The summed E-state index contributed by atoms with van der Waals surface area (Å²) in [5, 5.41) is 9.47. The molecule has 3 amide bonds. The number of phenolic OH excluding ortho intramolecular Hbond substituents is 1. The molecule has 2 heterocycles. The Hall–Kier alpha value is -2.86. The SMILES string of the molecule is CCN1C(=O)N(CCc2ccccc2)C2(CCN(Cc3ccc(O)cc3)CC2)C1=O. The molecule has 2 fully saturated rings. The zero-order valence-electron chi connectivity index (χ0n) is 17.5. The molecule has 0 aromatic heterocycles. The van der Waals surface area contributed by atoms with E-state index in [2.05, 4.69) is 17.0 Å². The van der Waals surface area contributed by atoms with Gasteiger partial charge >= 0.3 is 6.03 Å². The first kappa shape index (κ1) is 20.4. The highest BCUT2D eigenvalue weighted by Gasteiger charge is 2.57. The Morgan fingerprint density at radius 3 is 2.23 bits per heavy atom. The molecule has 0 bridgehead atoms. The molecule has 0 radical (unpaired) electrons. The van der Waals surface area contributed by atoms with Crippen molar-refractivity contribution >= 4 is 11.9 Å². The van der Waals surface area contributed by atoms with Gasteiger partial charge in [0.05, 0.1) is 0 Å². The third-order valence-corrected chi connectivity index (χ3v) is 6.43. The van der Waals surface area contributed by atoms with Gasteiger partial charge in [-0.1, -0.05) is 42.5 Å². The van der Waals surface area contributed by atoms with Crippen molar-refractivity contribution in [1.82, 2.24) is 14.7 Å². The van der Waals surface area contributed by atoms with Crippen LogP contribution in [0.4, 0.5) is 4.79 Å². The Morgan fingerprint density at radius 2 is 1.60 bits per heavy atom. The summed E-state index contributed by atoms with van der Waals surface area (Å²) in [4.78, 5) is 31.9. The molecule has 6 nitrogen and oxygen atoms in total.